The number of nitrogens with zero attached hydrogens (tertiary/aromatic N) is 2. The molecular formula is C18H26N4O2S. The minimum absolute atomic E-state index is 0.112. The molecule has 6 nitrogen and oxygen atoms in total. The molecule has 0 bridgehead atoms. The van der Waals surface area contributed by atoms with Gasteiger partial charge < -0.3 is 15.4 Å². The fourth-order valence-corrected chi connectivity index (χ4v) is 3.27. The summed E-state index contributed by atoms with van der Waals surface area (Å²) < 4.78 is 5.26. The van der Waals surface area contributed by atoms with E-state index in [0.29, 0.717) is 11.8 Å². The molecule has 136 valence electrons. The van der Waals surface area contributed by atoms with Gasteiger partial charge >= 0.3 is 6.03 Å². The average molecular weight is 362 g/mol. The molecule has 1 fully saturated rings. The van der Waals surface area contributed by atoms with Gasteiger partial charge in [-0.15, -0.1) is 0 Å². The first-order chi connectivity index (χ1) is 11.9. The summed E-state index contributed by atoms with van der Waals surface area (Å²) in [5.41, 5.74) is 8.05. The number of likely N-dealkylation sites (tertiary alicyclic amines) is 1. The van der Waals surface area contributed by atoms with Crippen molar-refractivity contribution in [2.75, 3.05) is 20.2 Å². The predicted octanol–water partition coefficient (Wildman–Crippen LogP) is 2.63. The number of thiocarbonyl (C=S) groups is 1. The topological polar surface area (TPSA) is 80.0 Å². The van der Waals surface area contributed by atoms with Crippen LogP contribution in [0.2, 0.25) is 0 Å². The number of aryl methyl sites for hydroxylation is 1. The zero-order valence-electron chi connectivity index (χ0n) is 15.0. The fraction of sp³-hybridized carbons (Fsp3) is 0.500. The molecule has 25 heavy (non-hydrogen) atoms. The van der Waals surface area contributed by atoms with Crippen molar-refractivity contribution in [3.63, 3.8) is 0 Å². The van der Waals surface area contributed by atoms with E-state index in [9.17, 15) is 4.79 Å². The summed E-state index contributed by atoms with van der Waals surface area (Å²) in [4.78, 5) is 17.8. The van der Waals surface area contributed by atoms with Gasteiger partial charge in [-0.3, -0.25) is 5.32 Å². The van der Waals surface area contributed by atoms with E-state index >= 15 is 0 Å². The van der Waals surface area contributed by atoms with Crippen LogP contribution < -0.4 is 15.8 Å². The van der Waals surface area contributed by atoms with Crippen molar-refractivity contribution in [2.24, 2.45) is 16.6 Å². The third-order valence-corrected chi connectivity index (χ3v) is 4.65. The van der Waals surface area contributed by atoms with Crippen LogP contribution in [-0.2, 0) is 6.42 Å². The summed E-state index contributed by atoms with van der Waals surface area (Å²) in [5.74, 6) is 1.80. The molecule has 0 aliphatic carbocycles. The number of aliphatic imine (C=N–C) groups is 1. The van der Waals surface area contributed by atoms with Gasteiger partial charge in [0.25, 0.3) is 0 Å². The van der Waals surface area contributed by atoms with Gasteiger partial charge in [0.2, 0.25) is 5.11 Å². The summed E-state index contributed by atoms with van der Waals surface area (Å²) in [5, 5.41) is 2.72. The molecule has 2 amide bonds. The van der Waals surface area contributed by atoms with Gasteiger partial charge in [-0.1, -0.05) is 6.07 Å². The molecule has 0 unspecified atom stereocenters. The highest BCUT2D eigenvalue weighted by molar-refractivity contribution is 7.80. The van der Waals surface area contributed by atoms with Gasteiger partial charge in [0.15, 0.2) is 0 Å². The quantitative estimate of drug-likeness (QED) is 0.492. The molecule has 1 aliphatic heterocycles. The van der Waals surface area contributed by atoms with Crippen LogP contribution in [-0.4, -0.2) is 42.1 Å². The number of amides is 2. The largest absolute Gasteiger partial charge is 0.497 e. The smallest absolute Gasteiger partial charge is 0.323 e. The number of amidine groups is 1. The van der Waals surface area contributed by atoms with E-state index in [1.54, 1.807) is 18.9 Å². The highest BCUT2D eigenvalue weighted by Crippen LogP contribution is 2.25. The molecule has 0 radical (unpaired) electrons. The van der Waals surface area contributed by atoms with Crippen molar-refractivity contribution in [2.45, 2.75) is 33.1 Å². The number of nitrogens with one attached hydrogen (secondary N) is 1. The second-order valence-corrected chi connectivity index (χ2v) is 6.80. The number of urea groups is 1. The molecule has 0 saturated carbocycles. The van der Waals surface area contributed by atoms with E-state index < -0.39 is 0 Å². The standard InChI is InChI=1S/C18H26N4O2S/c1-12-10-16(24-3)5-4-15(12)11-14-6-8-22(9-7-14)18(23)21-17(25)20-13(2)19/h4-5,10,14H,6-9,11H2,1-3H3,(H3,19,20,21,23,25). The van der Waals surface area contributed by atoms with Crippen molar-refractivity contribution in [1.29, 1.82) is 0 Å². The molecule has 7 heteroatoms. The van der Waals surface area contributed by atoms with E-state index in [4.69, 9.17) is 22.7 Å². The molecular weight excluding hydrogens is 336 g/mol. The number of nitrogens with two attached hydrogens (primary N) is 1. The molecule has 0 spiro atoms. The number of piperidine rings is 1. The van der Waals surface area contributed by atoms with Crippen LogP contribution >= 0.6 is 12.2 Å². The Morgan fingerprint density at radius 1 is 1.44 bits per heavy atom. The average Bonchev–Trinajstić information content (AvgIpc) is 2.56. The van der Waals surface area contributed by atoms with Crippen LogP contribution in [0.3, 0.4) is 0 Å². The monoisotopic (exact) mass is 362 g/mol. The number of methoxy groups -OCH3 is 1. The lowest BCUT2D eigenvalue weighted by atomic mass is 9.88. The summed E-state index contributed by atoms with van der Waals surface area (Å²) in [7, 11) is 1.68. The summed E-state index contributed by atoms with van der Waals surface area (Å²) in [6, 6.07) is 6.01. The van der Waals surface area contributed by atoms with Gasteiger partial charge in [-0.25, -0.2) is 9.79 Å². The number of rotatable bonds is 3. The lowest BCUT2D eigenvalue weighted by molar-refractivity contribution is 0.175. The minimum atomic E-state index is -0.200. The Hall–Kier alpha value is -2.15. The van der Waals surface area contributed by atoms with Crippen LogP contribution in [0.1, 0.15) is 30.9 Å². The molecule has 1 saturated heterocycles. The van der Waals surface area contributed by atoms with Crippen LogP contribution in [0.25, 0.3) is 0 Å². The van der Waals surface area contributed by atoms with E-state index in [1.807, 2.05) is 6.07 Å². The predicted molar refractivity (Wildman–Crippen MR) is 104 cm³/mol. The number of ether oxygens (including phenoxy) is 1. The van der Waals surface area contributed by atoms with Crippen molar-refractivity contribution >= 4 is 29.2 Å². The lowest BCUT2D eigenvalue weighted by Crippen LogP contribution is -2.46. The van der Waals surface area contributed by atoms with Crippen LogP contribution in [0.15, 0.2) is 23.2 Å². The number of hydrogen-bond donors (Lipinski definition) is 2. The highest BCUT2D eigenvalue weighted by atomic mass is 32.1. The lowest BCUT2D eigenvalue weighted by Gasteiger charge is -2.32. The van der Waals surface area contributed by atoms with Gasteiger partial charge in [0.05, 0.1) is 12.9 Å². The Bertz CT molecular complexity index is 663. The zero-order chi connectivity index (χ0) is 18.4. The Kier molecular flexibility index (Phi) is 6.75. The van der Waals surface area contributed by atoms with Crippen molar-refractivity contribution in [3.8, 4) is 5.75 Å². The van der Waals surface area contributed by atoms with Crippen LogP contribution in [0.5, 0.6) is 5.75 Å². The van der Waals surface area contributed by atoms with E-state index in [0.717, 1.165) is 38.1 Å². The fourth-order valence-electron chi connectivity index (χ4n) is 3.03. The first kappa shape index (κ1) is 19.2. The highest BCUT2D eigenvalue weighted by Gasteiger charge is 2.23. The second kappa shape index (κ2) is 8.80. The van der Waals surface area contributed by atoms with Crippen LogP contribution in [0.4, 0.5) is 4.79 Å². The summed E-state index contributed by atoms with van der Waals surface area (Å²) in [6.07, 6.45) is 2.98. The molecule has 1 aliphatic rings. The molecule has 0 atom stereocenters. The summed E-state index contributed by atoms with van der Waals surface area (Å²) in [6.45, 7) is 5.19. The molecule has 2 rings (SSSR count). The maximum atomic E-state index is 12.2. The Labute approximate surface area is 154 Å². The van der Waals surface area contributed by atoms with Crippen molar-refractivity contribution < 1.29 is 9.53 Å². The Morgan fingerprint density at radius 3 is 2.68 bits per heavy atom. The molecule has 1 heterocycles. The first-order valence-corrected chi connectivity index (χ1v) is 8.84. The molecule has 1 aromatic rings. The normalized spacial score (nSPS) is 15.8. The first-order valence-electron chi connectivity index (χ1n) is 8.43. The van der Waals surface area contributed by atoms with E-state index in [2.05, 4.69) is 29.4 Å². The maximum Gasteiger partial charge on any atom is 0.323 e. The third-order valence-electron chi connectivity index (χ3n) is 4.45. The van der Waals surface area contributed by atoms with Gasteiger partial charge in [0.1, 0.15) is 5.75 Å². The molecule has 3 N–H and O–H groups in total. The summed E-state index contributed by atoms with van der Waals surface area (Å²) >= 11 is 4.98. The Morgan fingerprint density at radius 2 is 2.12 bits per heavy atom. The Balaban J connectivity index is 1.84. The van der Waals surface area contributed by atoms with Gasteiger partial charge in [-0.05, 0) is 74.5 Å². The van der Waals surface area contributed by atoms with E-state index in [1.165, 1.54) is 11.1 Å². The van der Waals surface area contributed by atoms with Gasteiger partial charge in [-0.2, -0.15) is 0 Å². The minimum Gasteiger partial charge on any atom is -0.497 e. The number of carbonyl (C=O) groups excluding carboxylic acids is 1. The van der Waals surface area contributed by atoms with Crippen molar-refractivity contribution in [1.82, 2.24) is 10.2 Å². The van der Waals surface area contributed by atoms with Crippen molar-refractivity contribution in [3.05, 3.63) is 29.3 Å². The van der Waals surface area contributed by atoms with Crippen LogP contribution in [0, 0.1) is 12.8 Å². The van der Waals surface area contributed by atoms with Gasteiger partial charge in [0, 0.05) is 13.1 Å². The van der Waals surface area contributed by atoms with E-state index in [-0.39, 0.29) is 11.1 Å². The second-order valence-electron chi connectivity index (χ2n) is 6.42. The third kappa shape index (κ3) is 5.70. The number of hydrogen-bond acceptors (Lipinski definition) is 3. The number of carbonyl (C=O) groups is 1. The maximum absolute atomic E-state index is 12.2. The molecule has 0 aromatic heterocycles. The zero-order valence-corrected chi connectivity index (χ0v) is 15.9. The molecule has 1 aromatic carbocycles. The number of benzene rings is 1. The SMILES string of the molecule is COc1ccc(CC2CCN(C(=O)NC(=S)/N=C(/C)N)CC2)c(C)c1.